The van der Waals surface area contributed by atoms with Gasteiger partial charge in [-0.2, -0.15) is 0 Å². The van der Waals surface area contributed by atoms with Gasteiger partial charge in [0.15, 0.2) is 0 Å². The van der Waals surface area contributed by atoms with Crippen LogP contribution in [0, 0.1) is 0 Å². The van der Waals surface area contributed by atoms with Crippen LogP contribution in [-0.4, -0.2) is 12.3 Å². The molecule has 0 aromatic carbocycles. The zero-order valence-electron chi connectivity index (χ0n) is 8.50. The molecule has 0 atom stereocenters. The summed E-state index contributed by atoms with van der Waals surface area (Å²) in [5.74, 6) is 0. The van der Waals surface area contributed by atoms with E-state index in [4.69, 9.17) is 0 Å². The normalized spacial score (nSPS) is 11.9. The van der Waals surface area contributed by atoms with Crippen molar-refractivity contribution in [2.75, 3.05) is 6.54 Å². The minimum atomic E-state index is 0.716. The molecule has 1 nitrogen and oxygen atoms in total. The molecule has 0 heterocycles. The molecule has 0 unspecified atom stereocenters. The van der Waals surface area contributed by atoms with Crippen LogP contribution in [0.5, 0.6) is 0 Å². The lowest BCUT2D eigenvalue weighted by Gasteiger charge is -1.96. The summed E-state index contributed by atoms with van der Waals surface area (Å²) >= 11 is 0. The van der Waals surface area contributed by atoms with Crippen LogP contribution in [0.25, 0.3) is 0 Å². The molecule has 0 aliphatic heterocycles. The molecule has 0 saturated heterocycles. The Kier molecular flexibility index (Phi) is 8.21. The summed E-state index contributed by atoms with van der Waals surface area (Å²) in [6, 6.07) is 0. The molecular formula is C12H19N. The second-order valence-electron chi connectivity index (χ2n) is 2.80. The molecule has 0 spiro atoms. The summed E-state index contributed by atoms with van der Waals surface area (Å²) in [5.41, 5.74) is 1.16. The van der Waals surface area contributed by atoms with Crippen LogP contribution in [-0.2, 0) is 0 Å². The number of rotatable bonds is 7. The Morgan fingerprint density at radius 2 is 2.08 bits per heavy atom. The maximum Gasteiger partial charge on any atom is 0.0570 e. The summed E-state index contributed by atoms with van der Waals surface area (Å²) in [7, 11) is 0. The van der Waals surface area contributed by atoms with Crippen molar-refractivity contribution >= 4 is 5.71 Å². The Labute approximate surface area is 81.6 Å². The minimum absolute atomic E-state index is 0.716. The van der Waals surface area contributed by atoms with E-state index >= 15 is 0 Å². The van der Waals surface area contributed by atoms with Crippen LogP contribution in [0.1, 0.15) is 26.2 Å². The molecule has 0 aromatic rings. The fourth-order valence-corrected chi connectivity index (χ4v) is 0.953. The predicted molar refractivity (Wildman–Crippen MR) is 61.4 cm³/mol. The lowest BCUT2D eigenvalue weighted by atomic mass is 10.2. The lowest BCUT2D eigenvalue weighted by molar-refractivity contribution is 0.987. The highest BCUT2D eigenvalue weighted by Gasteiger charge is 1.90. The highest BCUT2D eigenvalue weighted by molar-refractivity contribution is 5.94. The summed E-state index contributed by atoms with van der Waals surface area (Å²) in [5, 5.41) is 0. The van der Waals surface area contributed by atoms with Crippen LogP contribution in [0.15, 0.2) is 42.5 Å². The maximum atomic E-state index is 4.38. The van der Waals surface area contributed by atoms with Crippen molar-refractivity contribution in [2.45, 2.75) is 26.2 Å². The SMILES string of the molecule is C=CC/C=C\C(CCC)=NCC=C. The summed E-state index contributed by atoms with van der Waals surface area (Å²) in [6.45, 7) is 10.2. The van der Waals surface area contributed by atoms with E-state index in [9.17, 15) is 0 Å². The summed E-state index contributed by atoms with van der Waals surface area (Å²) < 4.78 is 0. The highest BCUT2D eigenvalue weighted by Crippen LogP contribution is 1.96. The highest BCUT2D eigenvalue weighted by atomic mass is 14.7. The van der Waals surface area contributed by atoms with Crippen LogP contribution >= 0.6 is 0 Å². The average Bonchev–Trinajstić information content (AvgIpc) is 2.14. The fourth-order valence-electron chi connectivity index (χ4n) is 0.953. The van der Waals surface area contributed by atoms with Crippen molar-refractivity contribution < 1.29 is 0 Å². The van der Waals surface area contributed by atoms with Gasteiger partial charge in [-0.25, -0.2) is 0 Å². The van der Waals surface area contributed by atoms with Gasteiger partial charge in [-0.05, 0) is 18.9 Å². The van der Waals surface area contributed by atoms with E-state index in [0.717, 1.165) is 25.0 Å². The Hall–Kier alpha value is -1.11. The zero-order valence-corrected chi connectivity index (χ0v) is 8.50. The van der Waals surface area contributed by atoms with E-state index in [1.54, 1.807) is 0 Å². The number of hydrogen-bond donors (Lipinski definition) is 0. The quantitative estimate of drug-likeness (QED) is 0.416. The zero-order chi connectivity index (χ0) is 9.94. The Bertz CT molecular complexity index is 199. The van der Waals surface area contributed by atoms with Crippen molar-refractivity contribution in [1.82, 2.24) is 0 Å². The fraction of sp³-hybridized carbons (Fsp3) is 0.417. The standard InChI is InChI=1S/C12H19N/c1-4-7-8-10-12(9-5-2)13-11-6-3/h4,6,8,10H,1,3,5,7,9,11H2,2H3/b10-8-,13-12?. The smallest absolute Gasteiger partial charge is 0.0570 e. The second-order valence-corrected chi connectivity index (χ2v) is 2.80. The molecular weight excluding hydrogens is 158 g/mol. The molecule has 0 saturated carbocycles. The van der Waals surface area contributed by atoms with Crippen molar-refractivity contribution in [2.24, 2.45) is 4.99 Å². The van der Waals surface area contributed by atoms with Gasteiger partial charge in [0, 0.05) is 5.71 Å². The second kappa shape index (κ2) is 8.98. The Morgan fingerprint density at radius 1 is 1.31 bits per heavy atom. The monoisotopic (exact) mass is 177 g/mol. The van der Waals surface area contributed by atoms with Gasteiger partial charge in [0.25, 0.3) is 0 Å². The van der Waals surface area contributed by atoms with Crippen LogP contribution in [0.4, 0.5) is 0 Å². The van der Waals surface area contributed by atoms with Crippen LogP contribution in [0.3, 0.4) is 0 Å². The number of hydrogen-bond acceptors (Lipinski definition) is 1. The third-order valence-corrected chi connectivity index (χ3v) is 1.54. The van der Waals surface area contributed by atoms with Gasteiger partial charge in [0.2, 0.25) is 0 Å². The third kappa shape index (κ3) is 7.26. The van der Waals surface area contributed by atoms with Gasteiger partial charge in [-0.1, -0.05) is 31.6 Å². The first-order valence-electron chi connectivity index (χ1n) is 4.76. The van der Waals surface area contributed by atoms with E-state index in [1.807, 2.05) is 12.2 Å². The number of allylic oxidation sites excluding steroid dienone is 3. The molecule has 0 bridgehead atoms. The van der Waals surface area contributed by atoms with E-state index in [-0.39, 0.29) is 0 Å². The average molecular weight is 177 g/mol. The largest absolute Gasteiger partial charge is 0.286 e. The molecule has 0 N–H and O–H groups in total. The molecule has 72 valence electrons. The topological polar surface area (TPSA) is 12.4 Å². The molecule has 13 heavy (non-hydrogen) atoms. The van der Waals surface area contributed by atoms with E-state index in [2.05, 4.69) is 37.2 Å². The van der Waals surface area contributed by atoms with Gasteiger partial charge in [-0.15, -0.1) is 13.2 Å². The van der Waals surface area contributed by atoms with Crippen LogP contribution in [0.2, 0.25) is 0 Å². The molecule has 1 heteroatoms. The molecule has 0 aliphatic rings. The molecule has 0 radical (unpaired) electrons. The summed E-state index contributed by atoms with van der Waals surface area (Å²) in [6.07, 6.45) is 11.0. The third-order valence-electron chi connectivity index (χ3n) is 1.54. The van der Waals surface area contributed by atoms with Crippen molar-refractivity contribution in [3.8, 4) is 0 Å². The van der Waals surface area contributed by atoms with E-state index < -0.39 is 0 Å². The van der Waals surface area contributed by atoms with Gasteiger partial charge in [0.1, 0.15) is 0 Å². The molecule has 0 amide bonds. The predicted octanol–water partition coefficient (Wildman–Crippen LogP) is 3.55. The number of aliphatic imine (C=N–C) groups is 1. The molecule has 0 aromatic heterocycles. The molecule has 0 aliphatic carbocycles. The van der Waals surface area contributed by atoms with Crippen molar-refractivity contribution in [3.63, 3.8) is 0 Å². The van der Waals surface area contributed by atoms with Crippen LogP contribution < -0.4 is 0 Å². The summed E-state index contributed by atoms with van der Waals surface area (Å²) in [4.78, 5) is 4.38. The Morgan fingerprint density at radius 3 is 2.62 bits per heavy atom. The van der Waals surface area contributed by atoms with Crippen molar-refractivity contribution in [1.29, 1.82) is 0 Å². The van der Waals surface area contributed by atoms with E-state index in [0.29, 0.717) is 6.54 Å². The number of nitrogens with zero attached hydrogens (tertiary/aromatic N) is 1. The van der Waals surface area contributed by atoms with Gasteiger partial charge < -0.3 is 0 Å². The minimum Gasteiger partial charge on any atom is -0.286 e. The van der Waals surface area contributed by atoms with Gasteiger partial charge in [0.05, 0.1) is 6.54 Å². The molecule has 0 fully saturated rings. The first kappa shape index (κ1) is 11.9. The van der Waals surface area contributed by atoms with Gasteiger partial charge >= 0.3 is 0 Å². The first-order valence-corrected chi connectivity index (χ1v) is 4.76. The van der Waals surface area contributed by atoms with Crippen molar-refractivity contribution in [3.05, 3.63) is 37.5 Å². The van der Waals surface area contributed by atoms with Gasteiger partial charge in [-0.3, -0.25) is 4.99 Å². The van der Waals surface area contributed by atoms with E-state index in [1.165, 1.54) is 0 Å². The lowest BCUT2D eigenvalue weighted by Crippen LogP contribution is -1.93. The maximum absolute atomic E-state index is 4.38. The first-order chi connectivity index (χ1) is 6.35. The Balaban J connectivity index is 4.06. The molecule has 0 rings (SSSR count).